The third kappa shape index (κ3) is 4.17. The maximum atomic E-state index is 4.05. The van der Waals surface area contributed by atoms with E-state index in [1.165, 1.54) is 65.3 Å². The Labute approximate surface area is 257 Å². The Bertz CT molecular complexity index is 2370. The van der Waals surface area contributed by atoms with E-state index in [9.17, 15) is 0 Å². The van der Waals surface area contributed by atoms with E-state index in [0.717, 1.165) is 28.9 Å². The van der Waals surface area contributed by atoms with Crippen molar-refractivity contribution in [3.05, 3.63) is 163 Å². The summed E-state index contributed by atoms with van der Waals surface area (Å²) in [6.45, 7) is 8.86. The third-order valence-corrected chi connectivity index (χ3v) is 9.00. The highest BCUT2D eigenvalue weighted by atomic mass is 14.9. The van der Waals surface area contributed by atoms with Gasteiger partial charge in [0, 0.05) is 17.8 Å². The molecule has 0 fully saturated rings. The number of nitrogens with one attached hydrogen (secondary N) is 1. The van der Waals surface area contributed by atoms with Crippen LogP contribution in [-0.4, -0.2) is 6.54 Å². The Morgan fingerprint density at radius 3 is 1.93 bits per heavy atom. The number of fused-ring (bicyclic) bond motifs is 5. The van der Waals surface area contributed by atoms with Crippen LogP contribution in [0.15, 0.2) is 147 Å². The van der Waals surface area contributed by atoms with Crippen LogP contribution in [-0.2, 0) is 0 Å². The van der Waals surface area contributed by atoms with Crippen LogP contribution in [0.2, 0.25) is 0 Å². The molecule has 0 atom stereocenters. The van der Waals surface area contributed by atoms with E-state index < -0.39 is 0 Å². The molecule has 7 aromatic carbocycles. The van der Waals surface area contributed by atoms with Gasteiger partial charge in [-0.25, -0.2) is 0 Å². The van der Waals surface area contributed by atoms with Gasteiger partial charge in [-0.1, -0.05) is 135 Å². The van der Waals surface area contributed by atoms with Crippen molar-refractivity contribution in [2.24, 2.45) is 0 Å². The van der Waals surface area contributed by atoms with E-state index >= 15 is 0 Å². The van der Waals surface area contributed by atoms with Crippen LogP contribution in [0.4, 0.5) is 0 Å². The minimum absolute atomic E-state index is 0.820. The maximum absolute atomic E-state index is 4.05. The zero-order valence-electron chi connectivity index (χ0n) is 24.5. The zero-order chi connectivity index (χ0) is 29.6. The molecule has 1 aliphatic rings. The van der Waals surface area contributed by atoms with Crippen molar-refractivity contribution in [3.63, 3.8) is 0 Å². The van der Waals surface area contributed by atoms with E-state index in [0.29, 0.717) is 0 Å². The van der Waals surface area contributed by atoms with Crippen molar-refractivity contribution < 1.29 is 0 Å². The summed E-state index contributed by atoms with van der Waals surface area (Å²) in [5.41, 5.74) is 9.39. The average molecular weight is 562 g/mol. The van der Waals surface area contributed by atoms with Crippen molar-refractivity contribution in [3.8, 4) is 22.3 Å². The van der Waals surface area contributed by atoms with E-state index in [1.807, 2.05) is 12.2 Å². The smallest absolute Gasteiger partial charge is 0.0428 e. The van der Waals surface area contributed by atoms with Gasteiger partial charge in [0.05, 0.1) is 0 Å². The number of hydrogen-bond donors (Lipinski definition) is 1. The molecule has 1 N–H and O–H groups in total. The van der Waals surface area contributed by atoms with Gasteiger partial charge in [0.15, 0.2) is 0 Å². The van der Waals surface area contributed by atoms with E-state index in [1.54, 1.807) is 0 Å². The van der Waals surface area contributed by atoms with Crippen LogP contribution in [0.1, 0.15) is 16.7 Å². The number of rotatable bonds is 5. The fourth-order valence-corrected chi connectivity index (χ4v) is 6.88. The molecular weight excluding hydrogens is 530 g/mol. The molecule has 0 saturated heterocycles. The SMILES string of the molecule is C=Cc1ccc(-c2ccc3c(C4=CC=CCN4)c4ccccc4c(-c4ccc5c(ccc6ccccc65)c4)c3c2)cc1C=C. The first-order valence-corrected chi connectivity index (χ1v) is 15.1. The standard InChI is InChI=1S/C43H31N/c1-3-28-16-18-31(25-29(28)4-2)32-20-23-39-40(27-32)42(37-13-7-8-14-38(37)43(39)41-15-9-10-24-44-41)34-21-22-36-33(26-34)19-17-30-11-5-6-12-35(30)36/h3-23,25-27,44H,1-2,24H2. The Hall–Kier alpha value is -5.66. The second-order valence-corrected chi connectivity index (χ2v) is 11.4. The first-order valence-electron chi connectivity index (χ1n) is 15.1. The summed E-state index contributed by atoms with van der Waals surface area (Å²) in [6.07, 6.45) is 10.3. The molecule has 0 bridgehead atoms. The lowest BCUT2D eigenvalue weighted by molar-refractivity contribution is 1.000. The Kier molecular flexibility index (Phi) is 6.24. The quantitative estimate of drug-likeness (QED) is 0.163. The summed E-state index contributed by atoms with van der Waals surface area (Å²) in [5.74, 6) is 0. The van der Waals surface area contributed by atoms with Crippen molar-refractivity contribution in [1.82, 2.24) is 5.32 Å². The second-order valence-electron chi connectivity index (χ2n) is 11.4. The molecule has 0 amide bonds. The predicted molar refractivity (Wildman–Crippen MR) is 193 cm³/mol. The molecular formula is C43H31N. The summed E-state index contributed by atoms with van der Waals surface area (Å²) in [4.78, 5) is 0. The molecule has 0 spiro atoms. The summed E-state index contributed by atoms with van der Waals surface area (Å²) >= 11 is 0. The van der Waals surface area contributed by atoms with Gasteiger partial charge in [-0.2, -0.15) is 0 Å². The lowest BCUT2D eigenvalue weighted by atomic mass is 9.85. The predicted octanol–water partition coefficient (Wildman–Crippen LogP) is 11.4. The molecule has 44 heavy (non-hydrogen) atoms. The summed E-state index contributed by atoms with van der Waals surface area (Å²) in [6, 6.07) is 42.4. The monoisotopic (exact) mass is 561 g/mol. The summed E-state index contributed by atoms with van der Waals surface area (Å²) in [5, 5.41) is 13.7. The number of dihydropyridines is 1. The first-order chi connectivity index (χ1) is 21.7. The van der Waals surface area contributed by atoms with Gasteiger partial charge in [0.1, 0.15) is 0 Å². The van der Waals surface area contributed by atoms with Crippen molar-refractivity contribution >= 4 is 60.9 Å². The van der Waals surface area contributed by atoms with Crippen LogP contribution >= 0.6 is 0 Å². The first kappa shape index (κ1) is 26.0. The molecule has 1 heterocycles. The zero-order valence-corrected chi connectivity index (χ0v) is 24.5. The fourth-order valence-electron chi connectivity index (χ4n) is 6.88. The third-order valence-electron chi connectivity index (χ3n) is 9.00. The van der Waals surface area contributed by atoms with Crippen molar-refractivity contribution in [1.29, 1.82) is 0 Å². The van der Waals surface area contributed by atoms with Gasteiger partial charge in [-0.3, -0.25) is 0 Å². The number of allylic oxidation sites excluding steroid dienone is 2. The molecule has 208 valence electrons. The molecule has 0 aromatic heterocycles. The fraction of sp³-hybridized carbons (Fsp3) is 0.0233. The minimum Gasteiger partial charge on any atom is -0.381 e. The molecule has 1 aliphatic heterocycles. The molecule has 0 unspecified atom stereocenters. The van der Waals surface area contributed by atoms with Gasteiger partial charge in [-0.05, 0) is 101 Å². The number of hydrogen-bond acceptors (Lipinski definition) is 1. The van der Waals surface area contributed by atoms with Crippen LogP contribution in [0, 0.1) is 0 Å². The van der Waals surface area contributed by atoms with Gasteiger partial charge in [0.2, 0.25) is 0 Å². The van der Waals surface area contributed by atoms with Crippen LogP contribution < -0.4 is 5.32 Å². The van der Waals surface area contributed by atoms with Gasteiger partial charge in [0.25, 0.3) is 0 Å². The highest BCUT2D eigenvalue weighted by molar-refractivity contribution is 6.20. The topological polar surface area (TPSA) is 12.0 Å². The van der Waals surface area contributed by atoms with E-state index in [4.69, 9.17) is 0 Å². The lowest BCUT2D eigenvalue weighted by Gasteiger charge is -2.22. The normalized spacial score (nSPS) is 12.9. The Balaban J connectivity index is 1.46. The van der Waals surface area contributed by atoms with Gasteiger partial charge >= 0.3 is 0 Å². The van der Waals surface area contributed by atoms with Gasteiger partial charge < -0.3 is 5.32 Å². The minimum atomic E-state index is 0.820. The molecule has 0 radical (unpaired) electrons. The molecule has 0 aliphatic carbocycles. The van der Waals surface area contributed by atoms with Crippen molar-refractivity contribution in [2.75, 3.05) is 6.54 Å². The second kappa shape index (κ2) is 10.6. The summed E-state index contributed by atoms with van der Waals surface area (Å²) in [7, 11) is 0. The van der Waals surface area contributed by atoms with Gasteiger partial charge in [-0.15, -0.1) is 0 Å². The highest BCUT2D eigenvalue weighted by Crippen LogP contribution is 2.44. The highest BCUT2D eigenvalue weighted by Gasteiger charge is 2.19. The van der Waals surface area contributed by atoms with E-state index in [-0.39, 0.29) is 0 Å². The van der Waals surface area contributed by atoms with Crippen molar-refractivity contribution in [2.45, 2.75) is 0 Å². The van der Waals surface area contributed by atoms with E-state index in [2.05, 4.69) is 152 Å². The van der Waals surface area contributed by atoms with Crippen LogP contribution in [0.3, 0.4) is 0 Å². The van der Waals surface area contributed by atoms with Crippen LogP contribution in [0.25, 0.3) is 83.2 Å². The van der Waals surface area contributed by atoms with Crippen LogP contribution in [0.5, 0.6) is 0 Å². The maximum Gasteiger partial charge on any atom is 0.0428 e. The number of benzene rings is 7. The lowest BCUT2D eigenvalue weighted by Crippen LogP contribution is -2.15. The largest absolute Gasteiger partial charge is 0.381 e. The molecule has 1 nitrogen and oxygen atoms in total. The molecule has 8 rings (SSSR count). The molecule has 0 saturated carbocycles. The molecule has 7 aromatic rings. The Morgan fingerprint density at radius 2 is 1.14 bits per heavy atom. The molecule has 1 heteroatoms. The summed E-state index contributed by atoms with van der Waals surface area (Å²) < 4.78 is 0. The Morgan fingerprint density at radius 1 is 0.500 bits per heavy atom. The average Bonchev–Trinajstić information content (AvgIpc) is 3.10.